The fraction of sp³-hybridized carbons (Fsp3) is 0.316. The minimum atomic E-state index is -0.674. The Bertz CT molecular complexity index is 1660. The van der Waals surface area contributed by atoms with E-state index < -0.39 is 34.9 Å². The summed E-state index contributed by atoms with van der Waals surface area (Å²) in [5.41, 5.74) is 0.853. The van der Waals surface area contributed by atoms with Gasteiger partial charge >= 0.3 is 12.2 Å². The molecule has 12 heteroatoms. The van der Waals surface area contributed by atoms with Crippen LogP contribution in [0.3, 0.4) is 0 Å². The highest BCUT2D eigenvalue weighted by molar-refractivity contribution is 6.12. The number of nitrogens with zero attached hydrogens (tertiary/aromatic N) is 2. The Morgan fingerprint density at radius 3 is 1.24 bits per heavy atom. The Morgan fingerprint density at radius 1 is 0.620 bits per heavy atom. The van der Waals surface area contributed by atoms with Crippen LogP contribution < -0.4 is 10.6 Å². The molecule has 2 amide bonds. The first-order valence-electron chi connectivity index (χ1n) is 16.0. The average Bonchev–Trinajstić information content (AvgIpc) is 3.01. The summed E-state index contributed by atoms with van der Waals surface area (Å²) in [6, 6.07) is 21.0. The highest BCUT2D eigenvalue weighted by atomic mass is 16.6. The lowest BCUT2D eigenvalue weighted by Gasteiger charge is -2.20. The number of hydrogen-bond acceptors (Lipinski definition) is 10. The summed E-state index contributed by atoms with van der Waals surface area (Å²) in [5.74, 6) is -0.793. The van der Waals surface area contributed by atoms with E-state index in [1.807, 2.05) is 0 Å². The van der Waals surface area contributed by atoms with Gasteiger partial charge in [-0.1, -0.05) is 48.5 Å². The molecule has 0 saturated heterocycles. The Morgan fingerprint density at radius 2 is 0.920 bits per heavy atom. The number of nitrogens with one attached hydrogen (secondary N) is 2. The fourth-order valence-corrected chi connectivity index (χ4v) is 4.20. The molecule has 6 N–H and O–H groups in total. The first-order chi connectivity index (χ1) is 23.5. The molecular weight excluding hydrogens is 640 g/mol. The highest BCUT2D eigenvalue weighted by Gasteiger charge is 2.20. The van der Waals surface area contributed by atoms with Crippen LogP contribution in [-0.2, 0) is 9.47 Å². The number of aromatic hydroxyl groups is 2. The number of anilines is 2. The number of carbonyl (C=O) groups excluding carboxylic acids is 2. The minimum Gasteiger partial charge on any atom is -0.504 e. The summed E-state index contributed by atoms with van der Waals surface area (Å²) in [4.78, 5) is 33.7. The van der Waals surface area contributed by atoms with Gasteiger partial charge in [0.25, 0.3) is 0 Å². The van der Waals surface area contributed by atoms with Crippen LogP contribution in [0.1, 0.15) is 66.5 Å². The van der Waals surface area contributed by atoms with Crippen molar-refractivity contribution in [1.29, 1.82) is 0 Å². The van der Waals surface area contributed by atoms with E-state index in [2.05, 4.69) is 20.6 Å². The van der Waals surface area contributed by atoms with Gasteiger partial charge in [0, 0.05) is 36.8 Å². The predicted octanol–water partition coefficient (Wildman–Crippen LogP) is 8.44. The van der Waals surface area contributed by atoms with Gasteiger partial charge in [0.15, 0.2) is 11.5 Å². The minimum absolute atomic E-state index is 0.250. The molecule has 0 aromatic heterocycles. The third-order valence-electron chi connectivity index (χ3n) is 5.99. The van der Waals surface area contributed by atoms with Gasteiger partial charge in [-0.05, 0) is 90.4 Å². The number of amides is 2. The summed E-state index contributed by atoms with van der Waals surface area (Å²) in [7, 11) is 0. The van der Waals surface area contributed by atoms with Crippen molar-refractivity contribution >= 4 is 58.1 Å². The molecule has 0 heterocycles. The molecule has 4 aromatic carbocycles. The second-order valence-electron chi connectivity index (χ2n) is 12.5. The van der Waals surface area contributed by atoms with Gasteiger partial charge in [0.05, 0.1) is 22.7 Å². The van der Waals surface area contributed by atoms with E-state index in [4.69, 9.17) is 19.7 Å². The Hall–Kier alpha value is -5.46. The Labute approximate surface area is 293 Å². The lowest BCUT2D eigenvalue weighted by atomic mass is 9.98. The van der Waals surface area contributed by atoms with E-state index in [1.54, 1.807) is 128 Å². The molecule has 0 unspecified atom stereocenters. The van der Waals surface area contributed by atoms with Gasteiger partial charge < -0.3 is 29.9 Å². The number of carbonyl (C=O) groups is 2. The number of hydrogen-bond donors (Lipinski definition) is 6. The second-order valence-corrected chi connectivity index (χ2v) is 12.5. The number of aliphatic imine (C=N–C) groups is 2. The van der Waals surface area contributed by atoms with E-state index in [9.17, 15) is 19.8 Å². The maximum atomic E-state index is 12.4. The molecular formula is C38H48N4O8. The van der Waals surface area contributed by atoms with Crippen LogP contribution >= 0.6 is 0 Å². The smallest absolute Gasteiger partial charge is 0.412 e. The molecule has 0 aliphatic carbocycles. The largest absolute Gasteiger partial charge is 0.504 e. The fourth-order valence-electron chi connectivity index (χ4n) is 4.20. The molecule has 50 heavy (non-hydrogen) atoms. The zero-order valence-electron chi connectivity index (χ0n) is 29.8. The monoisotopic (exact) mass is 688 g/mol. The third-order valence-corrected chi connectivity index (χ3v) is 5.99. The van der Waals surface area contributed by atoms with Crippen LogP contribution in [0.5, 0.6) is 11.5 Å². The maximum absolute atomic E-state index is 12.4. The molecule has 0 saturated carbocycles. The van der Waals surface area contributed by atoms with Crippen LogP contribution in [0.2, 0.25) is 0 Å². The van der Waals surface area contributed by atoms with E-state index in [0.717, 1.165) is 0 Å². The number of ether oxygens (including phenoxy) is 2. The van der Waals surface area contributed by atoms with Crippen LogP contribution in [0.25, 0.3) is 10.8 Å². The molecule has 0 aliphatic rings. The van der Waals surface area contributed by atoms with Gasteiger partial charge in [-0.3, -0.25) is 20.6 Å². The van der Waals surface area contributed by atoms with Crippen LogP contribution in [0.15, 0.2) is 82.8 Å². The number of para-hydroxylation sites is 4. The van der Waals surface area contributed by atoms with Crippen LogP contribution in [0, 0.1) is 0 Å². The summed E-state index contributed by atoms with van der Waals surface area (Å²) in [6.45, 7) is 14.5. The third kappa shape index (κ3) is 12.9. The molecule has 268 valence electrons. The quantitative estimate of drug-likeness (QED) is 0.0861. The molecule has 0 spiro atoms. The Kier molecular flexibility index (Phi) is 15.4. The van der Waals surface area contributed by atoms with Gasteiger partial charge in [-0.15, -0.1) is 0 Å². The van der Waals surface area contributed by atoms with Gasteiger partial charge in [0.1, 0.15) is 11.2 Å². The van der Waals surface area contributed by atoms with E-state index in [1.165, 1.54) is 12.4 Å². The second kappa shape index (κ2) is 18.9. The molecule has 0 atom stereocenters. The van der Waals surface area contributed by atoms with Crippen molar-refractivity contribution in [3.63, 3.8) is 0 Å². The van der Waals surface area contributed by atoms with Crippen molar-refractivity contribution < 1.29 is 39.5 Å². The normalized spacial score (nSPS) is 11.3. The number of benzene rings is 4. The summed E-state index contributed by atoms with van der Waals surface area (Å²) < 4.78 is 10.7. The number of aliphatic hydroxyl groups excluding tert-OH is 2. The number of rotatable bonds is 6. The van der Waals surface area contributed by atoms with Crippen molar-refractivity contribution in [2.45, 2.75) is 66.6 Å². The molecule has 4 rings (SSSR count). The van der Waals surface area contributed by atoms with Gasteiger partial charge in [-0.2, -0.15) is 0 Å². The number of fused-ring (bicyclic) bond motifs is 1. The lowest BCUT2D eigenvalue weighted by Crippen LogP contribution is -2.27. The van der Waals surface area contributed by atoms with Crippen LogP contribution in [-0.4, -0.2) is 69.5 Å². The zero-order chi connectivity index (χ0) is 37.5. The topological polar surface area (TPSA) is 182 Å². The molecule has 12 nitrogen and oxygen atoms in total. The maximum Gasteiger partial charge on any atom is 0.412 e. The van der Waals surface area contributed by atoms with Crippen molar-refractivity contribution in [2.24, 2.45) is 9.98 Å². The number of aliphatic hydroxyl groups is 2. The van der Waals surface area contributed by atoms with Gasteiger partial charge in [0.2, 0.25) is 0 Å². The first-order valence-corrected chi connectivity index (χ1v) is 16.0. The molecule has 0 aliphatic heterocycles. The van der Waals surface area contributed by atoms with E-state index >= 15 is 0 Å². The van der Waals surface area contributed by atoms with Crippen molar-refractivity contribution in [1.82, 2.24) is 0 Å². The summed E-state index contributed by atoms with van der Waals surface area (Å²) in [6.07, 6.45) is 1.59. The van der Waals surface area contributed by atoms with Crippen molar-refractivity contribution in [3.8, 4) is 11.5 Å². The van der Waals surface area contributed by atoms with Crippen molar-refractivity contribution in [3.05, 3.63) is 83.9 Å². The molecule has 0 bridgehead atoms. The Balaban J connectivity index is 0.00000135. The lowest BCUT2D eigenvalue weighted by molar-refractivity contribution is 0.0624. The van der Waals surface area contributed by atoms with E-state index in [0.29, 0.717) is 33.5 Å². The standard InChI is InChI=1S/C34H36N4O6.2C2H6O/c1-33(2,3)43-31(41)37-27-17-11-9-15-25(27)35-19-23-21-13-7-8-14-22(21)24(30(40)29(23)39)20-36-26-16-10-12-18-28(26)38-32(42)44-34(4,5)6;2*1-2-3/h7-20,39-40H,1-6H3,(H,37,41)(H,38,42);2*3H,2H2,1H3. The molecule has 0 fully saturated rings. The average molecular weight is 689 g/mol. The zero-order valence-corrected chi connectivity index (χ0v) is 29.8. The molecule has 4 aromatic rings. The van der Waals surface area contributed by atoms with Crippen molar-refractivity contribution in [2.75, 3.05) is 23.8 Å². The summed E-state index contributed by atoms with van der Waals surface area (Å²) in [5, 5.41) is 44.0. The predicted molar refractivity (Wildman–Crippen MR) is 200 cm³/mol. The number of phenols is 2. The van der Waals surface area contributed by atoms with E-state index in [-0.39, 0.29) is 24.3 Å². The highest BCUT2D eigenvalue weighted by Crippen LogP contribution is 2.39. The first kappa shape index (κ1) is 40.7. The molecule has 0 radical (unpaired) electrons. The van der Waals surface area contributed by atoms with Gasteiger partial charge in [-0.25, -0.2) is 9.59 Å². The SMILES string of the molecule is CC(C)(C)OC(=O)Nc1ccccc1N=Cc1c(O)c(O)c(C=Nc2ccccc2NC(=O)OC(C)(C)C)c2ccccc12.CCO.CCO. The number of phenolic OH excluding ortho intramolecular Hbond substituents is 2. The summed E-state index contributed by atoms with van der Waals surface area (Å²) >= 11 is 0. The van der Waals surface area contributed by atoms with Crippen LogP contribution in [0.4, 0.5) is 32.3 Å².